The number of H-pyrrole nitrogens is 1. The van der Waals surface area contributed by atoms with Crippen molar-refractivity contribution in [2.45, 2.75) is 13.0 Å². The number of hydrogen-bond donors (Lipinski definition) is 2. The second kappa shape index (κ2) is 10.1. The summed E-state index contributed by atoms with van der Waals surface area (Å²) >= 11 is 0. The molecule has 1 aliphatic rings. The Morgan fingerprint density at radius 1 is 1.10 bits per heavy atom. The van der Waals surface area contributed by atoms with E-state index in [1.54, 1.807) is 58.4 Å². The summed E-state index contributed by atoms with van der Waals surface area (Å²) in [6.07, 6.45) is 4.06. The van der Waals surface area contributed by atoms with Gasteiger partial charge in [-0.05, 0) is 72.6 Å². The van der Waals surface area contributed by atoms with Gasteiger partial charge in [0.2, 0.25) is 5.91 Å². The summed E-state index contributed by atoms with van der Waals surface area (Å²) in [5.41, 5.74) is 4.67. The molecular formula is C30H24FN5O4. The van der Waals surface area contributed by atoms with Crippen molar-refractivity contribution in [2.24, 2.45) is 4.99 Å². The number of aromatic amines is 1. The van der Waals surface area contributed by atoms with Crippen LogP contribution in [0.15, 0.2) is 84.1 Å². The fraction of sp³-hybridized carbons (Fsp3) is 0.133. The first kappa shape index (κ1) is 25.1. The van der Waals surface area contributed by atoms with E-state index < -0.39 is 11.8 Å². The summed E-state index contributed by atoms with van der Waals surface area (Å²) in [6, 6.07) is 18.1. The Bertz CT molecular complexity index is 1770. The van der Waals surface area contributed by atoms with Crippen molar-refractivity contribution in [2.75, 3.05) is 18.6 Å². The zero-order valence-electron chi connectivity index (χ0n) is 21.5. The quantitative estimate of drug-likeness (QED) is 0.240. The summed E-state index contributed by atoms with van der Waals surface area (Å²) in [5.74, 6) is -1.09. The molecule has 3 aromatic carbocycles. The Morgan fingerprint density at radius 3 is 2.65 bits per heavy atom. The first-order valence-electron chi connectivity index (χ1n) is 12.6. The van der Waals surface area contributed by atoms with Crippen LogP contribution in [0.25, 0.3) is 10.9 Å². The van der Waals surface area contributed by atoms with Crippen LogP contribution in [0.2, 0.25) is 0 Å². The highest BCUT2D eigenvalue weighted by Crippen LogP contribution is 2.35. The molecule has 0 unspecified atom stereocenters. The van der Waals surface area contributed by atoms with Crippen molar-refractivity contribution >= 4 is 39.9 Å². The molecule has 0 spiro atoms. The molecule has 1 aliphatic heterocycles. The van der Waals surface area contributed by atoms with E-state index in [1.165, 1.54) is 19.2 Å². The van der Waals surface area contributed by atoms with Crippen LogP contribution < -0.4 is 4.90 Å². The fourth-order valence-corrected chi connectivity index (χ4v) is 5.00. The normalized spacial score (nSPS) is 13.1. The lowest BCUT2D eigenvalue weighted by Gasteiger charge is -2.17. The summed E-state index contributed by atoms with van der Waals surface area (Å²) in [5, 5.41) is 15.7. The first-order valence-corrected chi connectivity index (χ1v) is 12.6. The van der Waals surface area contributed by atoms with E-state index in [9.17, 15) is 19.1 Å². The molecule has 6 rings (SSSR count). The maximum absolute atomic E-state index is 13.8. The first-order chi connectivity index (χ1) is 19.4. The lowest BCUT2D eigenvalue weighted by atomic mass is 10.00. The zero-order chi connectivity index (χ0) is 27.8. The van der Waals surface area contributed by atoms with Crippen molar-refractivity contribution < 1.29 is 23.8 Å². The number of fused-ring (bicyclic) bond motifs is 2. The van der Waals surface area contributed by atoms with Gasteiger partial charge < -0.3 is 19.7 Å². The molecule has 2 N–H and O–H groups in total. The SMILES string of the molecule is COC(=O)c1ccc2c(C(=Nc3ccc4c(c3)CCN4C(=O)Cn3cccn3)c3ccc(F)cc3)c(O)[nH]c2c1. The van der Waals surface area contributed by atoms with Crippen LogP contribution in [0.1, 0.15) is 27.0 Å². The van der Waals surface area contributed by atoms with Gasteiger partial charge in [0, 0.05) is 41.1 Å². The Kier molecular flexibility index (Phi) is 6.35. The van der Waals surface area contributed by atoms with E-state index in [4.69, 9.17) is 9.73 Å². The molecule has 0 bridgehead atoms. The van der Waals surface area contributed by atoms with Crippen molar-refractivity contribution in [1.29, 1.82) is 0 Å². The van der Waals surface area contributed by atoms with Gasteiger partial charge in [0.15, 0.2) is 5.88 Å². The molecule has 2 aromatic heterocycles. The largest absolute Gasteiger partial charge is 0.494 e. The summed E-state index contributed by atoms with van der Waals surface area (Å²) in [6.45, 7) is 0.706. The Balaban J connectivity index is 1.41. The smallest absolute Gasteiger partial charge is 0.337 e. The molecule has 0 aliphatic carbocycles. The van der Waals surface area contributed by atoms with E-state index in [2.05, 4.69) is 10.1 Å². The average molecular weight is 538 g/mol. The molecule has 40 heavy (non-hydrogen) atoms. The van der Waals surface area contributed by atoms with Gasteiger partial charge >= 0.3 is 5.97 Å². The van der Waals surface area contributed by atoms with Gasteiger partial charge in [-0.2, -0.15) is 5.10 Å². The van der Waals surface area contributed by atoms with Gasteiger partial charge in [0.1, 0.15) is 12.4 Å². The number of carbonyl (C=O) groups is 2. The lowest BCUT2D eigenvalue weighted by Crippen LogP contribution is -2.32. The number of nitrogens with one attached hydrogen (secondary N) is 1. The van der Waals surface area contributed by atoms with Crippen LogP contribution >= 0.6 is 0 Å². The predicted octanol–water partition coefficient (Wildman–Crippen LogP) is 4.75. The van der Waals surface area contributed by atoms with Crippen LogP contribution in [0.4, 0.5) is 15.8 Å². The topological polar surface area (TPSA) is 113 Å². The summed E-state index contributed by atoms with van der Waals surface area (Å²) in [4.78, 5) is 34.5. The predicted molar refractivity (Wildman–Crippen MR) is 148 cm³/mol. The van der Waals surface area contributed by atoms with Gasteiger partial charge in [-0.25, -0.2) is 14.2 Å². The number of nitrogens with zero attached hydrogens (tertiary/aromatic N) is 4. The van der Waals surface area contributed by atoms with Gasteiger partial charge in [0.25, 0.3) is 0 Å². The standard InChI is InChI=1S/C30H24FN5O4/c1-40-30(39)20-5-9-23-24(16-20)34-29(38)27(23)28(18-3-6-21(31)7-4-18)33-22-8-10-25-19(15-22)11-14-36(25)26(37)17-35-13-2-12-32-35/h2-10,12-13,15-16,34,38H,11,14,17H2,1H3. The fourth-order valence-electron chi connectivity index (χ4n) is 5.00. The second-order valence-corrected chi connectivity index (χ2v) is 9.38. The number of amides is 1. The Hall–Kier alpha value is -5.25. The number of aromatic hydroxyl groups is 1. The highest BCUT2D eigenvalue weighted by molar-refractivity contribution is 6.22. The number of rotatable bonds is 6. The number of halogens is 1. The van der Waals surface area contributed by atoms with Crippen LogP contribution in [0.5, 0.6) is 5.88 Å². The number of anilines is 1. The van der Waals surface area contributed by atoms with Crippen LogP contribution in [-0.4, -0.2) is 51.1 Å². The maximum atomic E-state index is 13.8. The van der Waals surface area contributed by atoms with Gasteiger partial charge in [0.05, 0.1) is 29.6 Å². The van der Waals surface area contributed by atoms with Crippen LogP contribution in [0.3, 0.4) is 0 Å². The number of ether oxygens (including phenoxy) is 1. The van der Waals surface area contributed by atoms with Crippen LogP contribution in [0, 0.1) is 5.82 Å². The van der Waals surface area contributed by atoms with E-state index in [1.807, 2.05) is 18.2 Å². The minimum absolute atomic E-state index is 0.0549. The highest BCUT2D eigenvalue weighted by atomic mass is 19.1. The number of methoxy groups -OCH3 is 1. The molecule has 9 nitrogen and oxygen atoms in total. The van der Waals surface area contributed by atoms with Crippen LogP contribution in [-0.2, 0) is 22.5 Å². The number of esters is 1. The third kappa shape index (κ3) is 4.60. The number of aromatic nitrogens is 3. The molecule has 0 saturated heterocycles. The molecule has 200 valence electrons. The molecule has 10 heteroatoms. The van der Waals surface area contributed by atoms with E-state index in [0.29, 0.717) is 52.0 Å². The molecular weight excluding hydrogens is 513 g/mol. The average Bonchev–Trinajstić information content (AvgIpc) is 3.69. The maximum Gasteiger partial charge on any atom is 0.337 e. The summed E-state index contributed by atoms with van der Waals surface area (Å²) in [7, 11) is 1.30. The van der Waals surface area contributed by atoms with E-state index >= 15 is 0 Å². The second-order valence-electron chi connectivity index (χ2n) is 9.38. The monoisotopic (exact) mass is 537 g/mol. The Morgan fingerprint density at radius 2 is 1.90 bits per heavy atom. The third-order valence-electron chi connectivity index (χ3n) is 6.91. The number of aliphatic imine (C=N–C) groups is 1. The zero-order valence-corrected chi connectivity index (χ0v) is 21.5. The van der Waals surface area contributed by atoms with E-state index in [-0.39, 0.29) is 18.3 Å². The van der Waals surface area contributed by atoms with Crippen molar-refractivity contribution in [3.05, 3.63) is 107 Å². The molecule has 0 fully saturated rings. The lowest BCUT2D eigenvalue weighted by molar-refractivity contribution is -0.119. The molecule has 3 heterocycles. The van der Waals surface area contributed by atoms with E-state index in [0.717, 1.165) is 11.3 Å². The van der Waals surface area contributed by atoms with Crippen molar-refractivity contribution in [3.63, 3.8) is 0 Å². The van der Waals surface area contributed by atoms with Crippen molar-refractivity contribution in [3.8, 4) is 5.88 Å². The molecule has 5 aromatic rings. The molecule has 0 saturated carbocycles. The highest BCUT2D eigenvalue weighted by Gasteiger charge is 2.26. The Labute approximate surface area is 228 Å². The van der Waals surface area contributed by atoms with Gasteiger partial charge in [-0.15, -0.1) is 0 Å². The minimum atomic E-state index is -0.500. The minimum Gasteiger partial charge on any atom is -0.494 e. The van der Waals surface area contributed by atoms with Gasteiger partial charge in [-0.3, -0.25) is 9.48 Å². The third-order valence-corrected chi connectivity index (χ3v) is 6.91. The number of carbonyl (C=O) groups excluding carboxylic acids is 2. The molecule has 1 amide bonds. The summed E-state index contributed by atoms with van der Waals surface area (Å²) < 4.78 is 20.2. The molecule has 0 atom stereocenters. The molecule has 0 radical (unpaired) electrons. The van der Waals surface area contributed by atoms with Gasteiger partial charge in [-0.1, -0.05) is 6.07 Å². The number of hydrogen-bond acceptors (Lipinski definition) is 6. The number of benzene rings is 3. The van der Waals surface area contributed by atoms with Crippen molar-refractivity contribution in [1.82, 2.24) is 14.8 Å².